The van der Waals surface area contributed by atoms with Gasteiger partial charge >= 0.3 is 0 Å². The van der Waals surface area contributed by atoms with E-state index in [-0.39, 0.29) is 18.2 Å². The van der Waals surface area contributed by atoms with Crippen LogP contribution in [0.1, 0.15) is 23.5 Å². The first-order valence-electron chi connectivity index (χ1n) is 8.20. The number of hydrogen-bond donors (Lipinski definition) is 1. The Hall–Kier alpha value is -3.08. The third kappa shape index (κ3) is 2.67. The van der Waals surface area contributed by atoms with Gasteiger partial charge in [-0.1, -0.05) is 30.3 Å². The number of aromatic amines is 1. The first-order chi connectivity index (χ1) is 12.2. The van der Waals surface area contributed by atoms with Crippen molar-refractivity contribution in [3.63, 3.8) is 0 Å². The number of carbonyl (C=O) groups excluding carboxylic acids is 2. The van der Waals surface area contributed by atoms with Crippen molar-refractivity contribution in [2.24, 2.45) is 0 Å². The summed E-state index contributed by atoms with van der Waals surface area (Å²) in [6.07, 6.45) is 2.03. The number of aromatic nitrogens is 1. The molecule has 0 aliphatic carbocycles. The molecule has 1 aliphatic heterocycles. The van der Waals surface area contributed by atoms with Gasteiger partial charge in [0, 0.05) is 23.5 Å². The van der Waals surface area contributed by atoms with E-state index < -0.39 is 5.92 Å². The lowest BCUT2D eigenvalue weighted by molar-refractivity contribution is -0.139. The van der Waals surface area contributed by atoms with Crippen LogP contribution in [-0.4, -0.2) is 28.8 Å². The Labute approximate surface area is 145 Å². The third-order valence-corrected chi connectivity index (χ3v) is 4.72. The van der Waals surface area contributed by atoms with Crippen LogP contribution >= 0.6 is 0 Å². The summed E-state index contributed by atoms with van der Waals surface area (Å²) in [4.78, 5) is 29.8. The lowest BCUT2D eigenvalue weighted by atomic mass is 9.97. The molecule has 2 amide bonds. The predicted molar refractivity (Wildman–Crippen MR) is 94.2 cm³/mol. The van der Waals surface area contributed by atoms with E-state index in [0.717, 1.165) is 27.8 Å². The van der Waals surface area contributed by atoms with Crippen LogP contribution in [0.3, 0.4) is 0 Å². The molecule has 126 valence electrons. The summed E-state index contributed by atoms with van der Waals surface area (Å²) in [6, 6.07) is 15.3. The minimum Gasteiger partial charge on any atom is -0.497 e. The zero-order chi connectivity index (χ0) is 17.4. The highest BCUT2D eigenvalue weighted by Gasteiger charge is 2.40. The summed E-state index contributed by atoms with van der Waals surface area (Å²) < 4.78 is 5.28. The van der Waals surface area contributed by atoms with Crippen LogP contribution in [0.4, 0.5) is 0 Å². The number of ether oxygens (including phenoxy) is 1. The Bertz CT molecular complexity index is 946. The number of rotatable bonds is 4. The Kier molecular flexibility index (Phi) is 3.76. The Morgan fingerprint density at radius 3 is 2.72 bits per heavy atom. The molecule has 2 aromatic carbocycles. The van der Waals surface area contributed by atoms with Crippen molar-refractivity contribution in [3.8, 4) is 5.75 Å². The maximum atomic E-state index is 12.9. The molecule has 1 unspecified atom stereocenters. The van der Waals surface area contributed by atoms with Gasteiger partial charge in [-0.15, -0.1) is 0 Å². The molecule has 1 saturated heterocycles. The van der Waals surface area contributed by atoms with Crippen LogP contribution in [0.15, 0.2) is 54.7 Å². The molecule has 4 rings (SSSR count). The highest BCUT2D eigenvalue weighted by molar-refractivity contribution is 6.08. The first kappa shape index (κ1) is 15.4. The highest BCUT2D eigenvalue weighted by atomic mass is 16.5. The Morgan fingerprint density at radius 2 is 1.96 bits per heavy atom. The van der Waals surface area contributed by atoms with Gasteiger partial charge in [-0.05, 0) is 29.3 Å². The molecule has 1 N–H and O–H groups in total. The van der Waals surface area contributed by atoms with Crippen molar-refractivity contribution >= 4 is 22.7 Å². The number of benzene rings is 2. The Morgan fingerprint density at radius 1 is 1.16 bits per heavy atom. The van der Waals surface area contributed by atoms with Gasteiger partial charge < -0.3 is 9.72 Å². The fourth-order valence-electron chi connectivity index (χ4n) is 3.39. The molecule has 0 spiro atoms. The fraction of sp³-hybridized carbons (Fsp3) is 0.200. The van der Waals surface area contributed by atoms with Gasteiger partial charge in [-0.2, -0.15) is 0 Å². The average Bonchev–Trinajstić information content (AvgIpc) is 3.17. The van der Waals surface area contributed by atoms with Gasteiger partial charge in [0.05, 0.1) is 19.6 Å². The van der Waals surface area contributed by atoms with Crippen molar-refractivity contribution in [1.29, 1.82) is 0 Å². The number of H-pyrrole nitrogens is 1. The van der Waals surface area contributed by atoms with E-state index in [1.54, 1.807) is 7.11 Å². The largest absolute Gasteiger partial charge is 0.497 e. The number of nitrogens with one attached hydrogen (secondary N) is 1. The van der Waals surface area contributed by atoms with E-state index in [2.05, 4.69) is 4.98 Å². The van der Waals surface area contributed by atoms with Gasteiger partial charge in [-0.3, -0.25) is 14.5 Å². The summed E-state index contributed by atoms with van der Waals surface area (Å²) in [7, 11) is 1.61. The summed E-state index contributed by atoms with van der Waals surface area (Å²) >= 11 is 0. The third-order valence-electron chi connectivity index (χ3n) is 4.72. The summed E-state index contributed by atoms with van der Waals surface area (Å²) in [5.74, 6) is 0.0111. The molecular formula is C20H18N2O3. The van der Waals surface area contributed by atoms with Gasteiger partial charge in [0.2, 0.25) is 11.8 Å². The minimum atomic E-state index is -0.447. The zero-order valence-electron chi connectivity index (χ0n) is 13.9. The van der Waals surface area contributed by atoms with Crippen LogP contribution in [0.2, 0.25) is 0 Å². The van der Waals surface area contributed by atoms with Crippen LogP contribution in [-0.2, 0) is 16.1 Å². The van der Waals surface area contributed by atoms with E-state index >= 15 is 0 Å². The lowest BCUT2D eigenvalue weighted by Crippen LogP contribution is -2.29. The number of nitrogens with zero attached hydrogens (tertiary/aromatic N) is 1. The van der Waals surface area contributed by atoms with Crippen LogP contribution in [0.25, 0.3) is 10.9 Å². The van der Waals surface area contributed by atoms with Crippen molar-refractivity contribution < 1.29 is 14.3 Å². The average molecular weight is 334 g/mol. The standard InChI is InChI=1S/C20H18N2O3/c1-25-14-7-8-18-15(9-14)17(11-21-18)16-10-19(23)22(20(16)24)12-13-5-3-2-4-6-13/h2-9,11,16,21H,10,12H2,1H3. The van der Waals surface area contributed by atoms with Gasteiger partial charge in [0.15, 0.2) is 0 Å². The molecule has 0 saturated carbocycles. The molecular weight excluding hydrogens is 316 g/mol. The number of likely N-dealkylation sites (tertiary alicyclic amines) is 1. The van der Waals surface area contributed by atoms with Crippen molar-refractivity contribution in [2.75, 3.05) is 7.11 Å². The minimum absolute atomic E-state index is 0.129. The van der Waals surface area contributed by atoms with Gasteiger partial charge in [-0.25, -0.2) is 0 Å². The van der Waals surface area contributed by atoms with Crippen LogP contribution in [0, 0.1) is 0 Å². The molecule has 0 bridgehead atoms. The normalized spacial score (nSPS) is 17.5. The van der Waals surface area contributed by atoms with Crippen LogP contribution in [0.5, 0.6) is 5.75 Å². The molecule has 5 heteroatoms. The second-order valence-corrected chi connectivity index (χ2v) is 6.22. The number of imide groups is 1. The molecule has 1 atom stereocenters. The number of fused-ring (bicyclic) bond motifs is 1. The molecule has 2 heterocycles. The second kappa shape index (κ2) is 6.09. The zero-order valence-corrected chi connectivity index (χ0v) is 13.9. The summed E-state index contributed by atoms with van der Waals surface area (Å²) in [6.45, 7) is 0.320. The predicted octanol–water partition coefficient (Wildman–Crippen LogP) is 3.22. The van der Waals surface area contributed by atoms with Gasteiger partial charge in [0.1, 0.15) is 5.75 Å². The second-order valence-electron chi connectivity index (χ2n) is 6.22. The quantitative estimate of drug-likeness (QED) is 0.745. The van der Waals surface area contributed by atoms with E-state index in [1.807, 2.05) is 54.7 Å². The van der Waals surface area contributed by atoms with Crippen molar-refractivity contribution in [2.45, 2.75) is 18.9 Å². The topological polar surface area (TPSA) is 62.4 Å². The molecule has 5 nitrogen and oxygen atoms in total. The Balaban J connectivity index is 1.66. The van der Waals surface area contributed by atoms with E-state index in [9.17, 15) is 9.59 Å². The molecule has 3 aromatic rings. The maximum Gasteiger partial charge on any atom is 0.237 e. The van der Waals surface area contributed by atoms with Crippen molar-refractivity contribution in [1.82, 2.24) is 9.88 Å². The van der Waals surface area contributed by atoms with E-state index in [4.69, 9.17) is 4.74 Å². The molecule has 1 aliphatic rings. The van der Waals surface area contributed by atoms with E-state index in [1.165, 1.54) is 4.90 Å². The maximum absolute atomic E-state index is 12.9. The monoisotopic (exact) mass is 334 g/mol. The molecule has 1 aromatic heterocycles. The molecule has 0 radical (unpaired) electrons. The lowest BCUT2D eigenvalue weighted by Gasteiger charge is -2.15. The van der Waals surface area contributed by atoms with Gasteiger partial charge in [0.25, 0.3) is 0 Å². The van der Waals surface area contributed by atoms with E-state index in [0.29, 0.717) is 6.54 Å². The molecule has 1 fully saturated rings. The summed E-state index contributed by atoms with van der Waals surface area (Å²) in [5.41, 5.74) is 2.73. The van der Waals surface area contributed by atoms with Crippen LogP contribution < -0.4 is 4.74 Å². The number of hydrogen-bond acceptors (Lipinski definition) is 3. The summed E-state index contributed by atoms with van der Waals surface area (Å²) in [5, 5.41) is 0.923. The number of amides is 2. The number of methoxy groups -OCH3 is 1. The molecule has 25 heavy (non-hydrogen) atoms. The first-order valence-corrected chi connectivity index (χ1v) is 8.20. The van der Waals surface area contributed by atoms with Crippen molar-refractivity contribution in [3.05, 3.63) is 65.9 Å². The smallest absolute Gasteiger partial charge is 0.237 e. The number of carbonyl (C=O) groups is 2. The highest BCUT2D eigenvalue weighted by Crippen LogP contribution is 2.36. The SMILES string of the molecule is COc1ccc2[nH]cc(C3CC(=O)N(Cc4ccccc4)C3=O)c2c1. The fourth-order valence-corrected chi connectivity index (χ4v) is 3.39.